The smallest absolute Gasteiger partial charge is 0.221 e. The Morgan fingerprint density at radius 3 is 1.95 bits per heavy atom. The first kappa shape index (κ1) is 15.0. The minimum Gasteiger partial charge on any atom is -0.349 e. The maximum Gasteiger partial charge on any atom is 0.221 e. The van der Waals surface area contributed by atoms with E-state index >= 15 is 0 Å². The van der Waals surface area contributed by atoms with E-state index in [4.69, 9.17) is 23.2 Å². The van der Waals surface area contributed by atoms with Crippen molar-refractivity contribution in [1.82, 2.24) is 5.32 Å². The van der Waals surface area contributed by atoms with Gasteiger partial charge in [-0.25, -0.2) is 0 Å². The summed E-state index contributed by atoms with van der Waals surface area (Å²) in [4.78, 5) is 12.4. The predicted octanol–water partition coefficient (Wildman–Crippen LogP) is 3.95. The first-order chi connectivity index (χ1) is 9.46. The predicted molar refractivity (Wildman–Crippen MR) is 83.2 cm³/mol. The average molecular weight is 318 g/mol. The van der Waals surface area contributed by atoms with Crippen LogP contribution in [0.5, 0.6) is 0 Å². The zero-order valence-electron chi connectivity index (χ0n) is 12.3. The lowest BCUT2D eigenvalue weighted by atomic mass is 9.49. The molecular formula is C16H25Cl2NO. The summed E-state index contributed by atoms with van der Waals surface area (Å²) in [7, 11) is 0. The number of halogens is 2. The van der Waals surface area contributed by atoms with Gasteiger partial charge < -0.3 is 5.32 Å². The number of amides is 1. The van der Waals surface area contributed by atoms with Crippen LogP contribution < -0.4 is 5.32 Å². The van der Waals surface area contributed by atoms with Gasteiger partial charge >= 0.3 is 0 Å². The van der Waals surface area contributed by atoms with Crippen molar-refractivity contribution in [1.29, 1.82) is 0 Å². The van der Waals surface area contributed by atoms with Crippen LogP contribution in [0.1, 0.15) is 51.9 Å². The van der Waals surface area contributed by atoms with Crippen molar-refractivity contribution in [3.63, 3.8) is 0 Å². The molecule has 4 aliphatic rings. The zero-order chi connectivity index (χ0) is 14.4. The molecule has 0 saturated heterocycles. The largest absolute Gasteiger partial charge is 0.349 e. The molecule has 4 fully saturated rings. The van der Waals surface area contributed by atoms with Crippen molar-refractivity contribution in [2.24, 2.45) is 23.2 Å². The molecule has 0 radical (unpaired) electrons. The van der Waals surface area contributed by atoms with E-state index in [-0.39, 0.29) is 5.91 Å². The molecule has 0 heterocycles. The number of alkyl halides is 2. The minimum atomic E-state index is -0.470. The van der Waals surface area contributed by atoms with Crippen molar-refractivity contribution in [3.8, 4) is 0 Å². The summed E-state index contributed by atoms with van der Waals surface area (Å²) in [6, 6.07) is 0. The van der Waals surface area contributed by atoms with Crippen LogP contribution in [0.2, 0.25) is 0 Å². The Morgan fingerprint density at radius 1 is 1.10 bits per heavy atom. The molecule has 0 aliphatic heterocycles. The maximum atomic E-state index is 12.4. The second kappa shape index (κ2) is 5.35. The molecule has 4 heteroatoms. The summed E-state index contributed by atoms with van der Waals surface area (Å²) >= 11 is 11.9. The van der Waals surface area contributed by atoms with Crippen LogP contribution >= 0.6 is 23.2 Å². The van der Waals surface area contributed by atoms with Gasteiger partial charge in [0.25, 0.3) is 0 Å². The van der Waals surface area contributed by atoms with Crippen LogP contribution in [0.15, 0.2) is 0 Å². The summed E-state index contributed by atoms with van der Waals surface area (Å²) in [6.07, 6.45) is 8.74. The Hall–Kier alpha value is 0.0500. The molecule has 4 rings (SSSR count). The van der Waals surface area contributed by atoms with Gasteiger partial charge in [0, 0.05) is 18.2 Å². The van der Waals surface area contributed by atoms with Gasteiger partial charge in [-0.05, 0) is 68.6 Å². The molecule has 0 atom stereocenters. The first-order valence-electron chi connectivity index (χ1n) is 7.89. The van der Waals surface area contributed by atoms with Gasteiger partial charge in [-0.1, -0.05) is 0 Å². The molecule has 4 aliphatic carbocycles. The van der Waals surface area contributed by atoms with Crippen LogP contribution in [-0.2, 0) is 4.79 Å². The fraction of sp³-hybridized carbons (Fsp3) is 0.938. The van der Waals surface area contributed by atoms with Gasteiger partial charge in [0.1, 0.15) is 0 Å². The van der Waals surface area contributed by atoms with E-state index in [1.165, 1.54) is 38.5 Å². The lowest BCUT2D eigenvalue weighted by Crippen LogP contribution is -2.53. The fourth-order valence-electron chi connectivity index (χ4n) is 5.33. The molecule has 114 valence electrons. The Bertz CT molecular complexity index is 357. The number of rotatable bonds is 5. The molecule has 0 aromatic rings. The van der Waals surface area contributed by atoms with Crippen LogP contribution in [0.25, 0.3) is 0 Å². The Kier molecular flexibility index (Phi) is 4.01. The maximum absolute atomic E-state index is 12.4. The number of carbonyl (C=O) groups is 1. The molecule has 4 bridgehead atoms. The third-order valence-corrected chi connectivity index (χ3v) is 6.91. The lowest BCUT2D eigenvalue weighted by Gasteiger charge is -2.56. The van der Waals surface area contributed by atoms with Gasteiger partial charge in [-0.15, -0.1) is 23.2 Å². The van der Waals surface area contributed by atoms with Gasteiger partial charge in [-0.2, -0.15) is 0 Å². The molecule has 2 nitrogen and oxygen atoms in total. The number of hydrogen-bond donors (Lipinski definition) is 1. The molecule has 0 aromatic carbocycles. The summed E-state index contributed by atoms with van der Waals surface area (Å²) in [5, 5.41) is 3.06. The Labute approximate surface area is 132 Å². The van der Waals surface area contributed by atoms with Gasteiger partial charge in [0.2, 0.25) is 5.91 Å². The van der Waals surface area contributed by atoms with E-state index in [0.29, 0.717) is 23.6 Å². The summed E-state index contributed by atoms with van der Waals surface area (Å²) in [6.45, 7) is 1.92. The number of hydrogen-bond acceptors (Lipinski definition) is 1. The second-order valence-electron chi connectivity index (χ2n) is 7.97. The van der Waals surface area contributed by atoms with Crippen LogP contribution in [0.4, 0.5) is 0 Å². The summed E-state index contributed by atoms with van der Waals surface area (Å²) in [5.74, 6) is 3.55. The highest BCUT2D eigenvalue weighted by atomic mass is 35.5. The van der Waals surface area contributed by atoms with Crippen molar-refractivity contribution in [3.05, 3.63) is 0 Å². The van der Waals surface area contributed by atoms with E-state index in [2.05, 4.69) is 5.32 Å². The van der Waals surface area contributed by atoms with Crippen LogP contribution in [0.3, 0.4) is 0 Å². The first-order valence-corrected chi connectivity index (χ1v) is 8.96. The van der Waals surface area contributed by atoms with Crippen LogP contribution in [-0.4, -0.2) is 23.2 Å². The molecule has 4 saturated carbocycles. The van der Waals surface area contributed by atoms with E-state index in [0.717, 1.165) is 17.8 Å². The number of nitrogens with one attached hydrogen (secondary N) is 1. The monoisotopic (exact) mass is 317 g/mol. The third-order valence-electron chi connectivity index (χ3n) is 5.73. The van der Waals surface area contributed by atoms with Crippen molar-refractivity contribution < 1.29 is 4.79 Å². The zero-order valence-corrected chi connectivity index (χ0v) is 13.8. The molecule has 1 amide bonds. The Balaban J connectivity index is 1.64. The lowest BCUT2D eigenvalue weighted by molar-refractivity contribution is -0.130. The van der Waals surface area contributed by atoms with E-state index in [9.17, 15) is 4.79 Å². The molecule has 0 spiro atoms. The van der Waals surface area contributed by atoms with Gasteiger partial charge in [0.05, 0.1) is 5.54 Å². The van der Waals surface area contributed by atoms with E-state index < -0.39 is 5.54 Å². The van der Waals surface area contributed by atoms with E-state index in [1.54, 1.807) is 0 Å². The average Bonchev–Trinajstić information content (AvgIpc) is 2.36. The Morgan fingerprint density at radius 2 is 1.55 bits per heavy atom. The van der Waals surface area contributed by atoms with Gasteiger partial charge in [0.15, 0.2) is 0 Å². The van der Waals surface area contributed by atoms with Crippen molar-refractivity contribution in [2.45, 2.75) is 57.4 Å². The third kappa shape index (κ3) is 2.83. The highest BCUT2D eigenvalue weighted by molar-refractivity contribution is 6.22. The molecule has 1 N–H and O–H groups in total. The minimum absolute atomic E-state index is 0.149. The van der Waals surface area contributed by atoms with E-state index in [1.807, 2.05) is 6.92 Å². The highest BCUT2D eigenvalue weighted by Crippen LogP contribution is 2.61. The van der Waals surface area contributed by atoms with Crippen molar-refractivity contribution >= 4 is 29.1 Å². The molecule has 20 heavy (non-hydrogen) atoms. The van der Waals surface area contributed by atoms with Gasteiger partial charge in [-0.3, -0.25) is 4.79 Å². The molecule has 0 unspecified atom stereocenters. The molecular weight excluding hydrogens is 293 g/mol. The molecule has 0 aromatic heterocycles. The highest BCUT2D eigenvalue weighted by Gasteiger charge is 2.51. The normalized spacial score (nSPS) is 39.0. The van der Waals surface area contributed by atoms with Crippen LogP contribution in [0, 0.1) is 23.2 Å². The topological polar surface area (TPSA) is 29.1 Å². The number of carbonyl (C=O) groups excluding carboxylic acids is 1. The van der Waals surface area contributed by atoms with Crippen molar-refractivity contribution in [2.75, 3.05) is 11.8 Å². The second-order valence-corrected chi connectivity index (χ2v) is 8.50. The summed E-state index contributed by atoms with van der Waals surface area (Å²) < 4.78 is 0. The SMILES string of the molecule is CC(CCl)(CCl)NC(=O)CC12CC3CC(CC(C3)C1)C2. The standard InChI is InChI=1S/C16H25Cl2NO/c1-15(9-17,10-18)19-14(20)8-16-5-11-2-12(6-16)4-13(3-11)7-16/h11-13H,2-10H2,1H3,(H,19,20). The fourth-order valence-corrected chi connectivity index (χ4v) is 5.75. The summed E-state index contributed by atoms with van der Waals surface area (Å²) in [5.41, 5.74) is -0.180. The quantitative estimate of drug-likeness (QED) is 0.764.